The number of likely N-dealkylation sites (N-methyl/N-ethyl adjacent to an activating group) is 1. The average molecular weight is 470 g/mol. The third kappa shape index (κ3) is 6.18. The highest BCUT2D eigenvalue weighted by atomic mass is 16.5. The summed E-state index contributed by atoms with van der Waals surface area (Å²) in [6.07, 6.45) is 3.60. The van der Waals surface area contributed by atoms with Crippen molar-refractivity contribution in [2.75, 3.05) is 59.3 Å². The minimum atomic E-state index is -0.00118. The molecule has 1 saturated heterocycles. The molecular formula is C30H35N3O2. The van der Waals surface area contributed by atoms with Gasteiger partial charge >= 0.3 is 0 Å². The van der Waals surface area contributed by atoms with Crippen molar-refractivity contribution in [2.24, 2.45) is 0 Å². The first-order chi connectivity index (χ1) is 16.9. The fourth-order valence-electron chi connectivity index (χ4n) is 4.47. The van der Waals surface area contributed by atoms with E-state index in [9.17, 15) is 4.79 Å². The molecule has 3 aromatic rings. The number of ether oxygens (including phenoxy) is 1. The van der Waals surface area contributed by atoms with Crippen molar-refractivity contribution in [2.45, 2.75) is 6.54 Å². The smallest absolute Gasteiger partial charge is 0.185 e. The Morgan fingerprint density at radius 2 is 1.71 bits per heavy atom. The maximum Gasteiger partial charge on any atom is 0.185 e. The number of carbonyl (C=O) groups is 1. The summed E-state index contributed by atoms with van der Waals surface area (Å²) in [5.41, 5.74) is 6.25. The van der Waals surface area contributed by atoms with Crippen LogP contribution >= 0.6 is 0 Å². The standard InChI is InChI=1S/C30H35N3O2/c1-31(2)22-26-20-27(35-4)13-10-23(26)12-15-30(34)25-11-14-29(33-18-16-32(3)17-19-33)28(21-25)24-8-6-5-7-9-24/h5-15,20-21H,16-19,22H2,1-4H3/b15-12+. The summed E-state index contributed by atoms with van der Waals surface area (Å²) in [5.74, 6) is 0.816. The zero-order valence-electron chi connectivity index (χ0n) is 21.2. The lowest BCUT2D eigenvalue weighted by Gasteiger charge is -2.35. The Kier molecular flexibility index (Phi) is 8.01. The van der Waals surface area contributed by atoms with Gasteiger partial charge in [0.1, 0.15) is 5.75 Å². The number of benzene rings is 3. The molecule has 0 bridgehead atoms. The van der Waals surface area contributed by atoms with Crippen LogP contribution in [0.2, 0.25) is 0 Å². The highest BCUT2D eigenvalue weighted by Gasteiger charge is 2.19. The predicted molar refractivity (Wildman–Crippen MR) is 145 cm³/mol. The van der Waals surface area contributed by atoms with Crippen molar-refractivity contribution in [3.63, 3.8) is 0 Å². The maximum atomic E-state index is 13.2. The van der Waals surface area contributed by atoms with Gasteiger partial charge in [0.25, 0.3) is 0 Å². The summed E-state index contributed by atoms with van der Waals surface area (Å²) in [5, 5.41) is 0. The van der Waals surface area contributed by atoms with Gasteiger partial charge < -0.3 is 19.4 Å². The predicted octanol–water partition coefficient (Wildman–Crippen LogP) is 5.07. The van der Waals surface area contributed by atoms with E-state index in [0.29, 0.717) is 5.56 Å². The van der Waals surface area contributed by atoms with E-state index in [2.05, 4.69) is 39.9 Å². The van der Waals surface area contributed by atoms with Gasteiger partial charge in [0.2, 0.25) is 0 Å². The van der Waals surface area contributed by atoms with E-state index in [0.717, 1.165) is 60.7 Å². The lowest BCUT2D eigenvalue weighted by molar-refractivity contribution is 0.104. The second kappa shape index (κ2) is 11.3. The van der Waals surface area contributed by atoms with E-state index in [4.69, 9.17) is 4.74 Å². The van der Waals surface area contributed by atoms with Crippen LogP contribution in [0.4, 0.5) is 5.69 Å². The molecule has 35 heavy (non-hydrogen) atoms. The molecule has 5 nitrogen and oxygen atoms in total. The molecule has 1 aliphatic rings. The number of allylic oxidation sites excluding steroid dienone is 1. The van der Waals surface area contributed by atoms with Gasteiger partial charge in [-0.05, 0) is 74.2 Å². The number of methoxy groups -OCH3 is 1. The molecule has 0 unspecified atom stereocenters. The Bertz CT molecular complexity index is 1180. The Morgan fingerprint density at radius 1 is 0.971 bits per heavy atom. The molecule has 0 amide bonds. The van der Waals surface area contributed by atoms with Crippen molar-refractivity contribution in [3.05, 3.63) is 89.5 Å². The summed E-state index contributed by atoms with van der Waals surface area (Å²) < 4.78 is 5.39. The maximum absolute atomic E-state index is 13.2. The van der Waals surface area contributed by atoms with Gasteiger partial charge in [0.05, 0.1) is 7.11 Å². The number of hydrogen-bond acceptors (Lipinski definition) is 5. The van der Waals surface area contributed by atoms with Crippen molar-refractivity contribution in [3.8, 4) is 16.9 Å². The third-order valence-electron chi connectivity index (χ3n) is 6.46. The number of carbonyl (C=O) groups excluding carboxylic acids is 1. The monoisotopic (exact) mass is 469 g/mol. The molecule has 1 fully saturated rings. The highest BCUT2D eigenvalue weighted by Crippen LogP contribution is 2.33. The molecule has 0 spiro atoms. The van der Waals surface area contributed by atoms with Crippen LogP contribution in [-0.4, -0.2) is 70.0 Å². The van der Waals surface area contributed by atoms with Crippen LogP contribution < -0.4 is 9.64 Å². The van der Waals surface area contributed by atoms with E-state index < -0.39 is 0 Å². The number of hydrogen-bond donors (Lipinski definition) is 0. The van der Waals surface area contributed by atoms with Crippen LogP contribution in [0.25, 0.3) is 17.2 Å². The lowest BCUT2D eigenvalue weighted by Crippen LogP contribution is -2.44. The van der Waals surface area contributed by atoms with E-state index in [1.165, 1.54) is 5.69 Å². The third-order valence-corrected chi connectivity index (χ3v) is 6.46. The minimum absolute atomic E-state index is 0.00118. The van der Waals surface area contributed by atoms with Gasteiger partial charge in [-0.1, -0.05) is 42.5 Å². The first-order valence-electron chi connectivity index (χ1n) is 12.1. The van der Waals surface area contributed by atoms with Gasteiger partial charge in [-0.15, -0.1) is 0 Å². The van der Waals surface area contributed by atoms with Crippen LogP contribution in [0, 0.1) is 0 Å². The van der Waals surface area contributed by atoms with Crippen molar-refractivity contribution < 1.29 is 9.53 Å². The van der Waals surface area contributed by atoms with E-state index in [1.54, 1.807) is 13.2 Å². The summed E-state index contributed by atoms with van der Waals surface area (Å²) in [6.45, 7) is 4.80. The second-order valence-corrected chi connectivity index (χ2v) is 9.39. The molecule has 1 aliphatic heterocycles. The second-order valence-electron chi connectivity index (χ2n) is 9.39. The molecule has 0 N–H and O–H groups in total. The van der Waals surface area contributed by atoms with Gasteiger partial charge in [-0.3, -0.25) is 4.79 Å². The number of anilines is 1. The molecule has 3 aromatic carbocycles. The molecular weight excluding hydrogens is 434 g/mol. The molecule has 0 radical (unpaired) electrons. The molecule has 1 heterocycles. The van der Waals surface area contributed by atoms with Crippen LogP contribution in [0.15, 0.2) is 72.8 Å². The average Bonchev–Trinajstić information content (AvgIpc) is 2.88. The lowest BCUT2D eigenvalue weighted by atomic mass is 9.97. The Balaban J connectivity index is 1.64. The van der Waals surface area contributed by atoms with Gasteiger partial charge in [0.15, 0.2) is 5.78 Å². The van der Waals surface area contributed by atoms with E-state index >= 15 is 0 Å². The molecule has 4 rings (SSSR count). The van der Waals surface area contributed by atoms with Crippen molar-refractivity contribution >= 4 is 17.5 Å². The molecule has 0 aliphatic carbocycles. The van der Waals surface area contributed by atoms with Crippen LogP contribution in [0.5, 0.6) is 5.75 Å². The van der Waals surface area contributed by atoms with Crippen LogP contribution in [0.3, 0.4) is 0 Å². The normalized spacial score (nSPS) is 14.6. The Hall–Kier alpha value is -3.41. The molecule has 5 heteroatoms. The minimum Gasteiger partial charge on any atom is -0.497 e. The molecule has 0 saturated carbocycles. The van der Waals surface area contributed by atoms with Crippen molar-refractivity contribution in [1.82, 2.24) is 9.80 Å². The van der Waals surface area contributed by atoms with Crippen LogP contribution in [0.1, 0.15) is 21.5 Å². The first kappa shape index (κ1) is 24.7. The molecule has 0 atom stereocenters. The summed E-state index contributed by atoms with van der Waals surface area (Å²) >= 11 is 0. The largest absolute Gasteiger partial charge is 0.497 e. The zero-order valence-corrected chi connectivity index (χ0v) is 21.2. The summed E-state index contributed by atoms with van der Waals surface area (Å²) in [6, 6.07) is 22.4. The molecule has 182 valence electrons. The summed E-state index contributed by atoms with van der Waals surface area (Å²) in [4.78, 5) is 20.1. The Labute approximate surface area is 209 Å². The quantitative estimate of drug-likeness (QED) is 0.340. The molecule has 0 aromatic heterocycles. The highest BCUT2D eigenvalue weighted by molar-refractivity contribution is 6.08. The number of nitrogens with zero attached hydrogens (tertiary/aromatic N) is 3. The Morgan fingerprint density at radius 3 is 2.40 bits per heavy atom. The first-order valence-corrected chi connectivity index (χ1v) is 12.1. The van der Waals surface area contributed by atoms with Crippen LogP contribution in [-0.2, 0) is 6.54 Å². The number of piperazine rings is 1. The topological polar surface area (TPSA) is 36.0 Å². The van der Waals surface area contributed by atoms with Crippen molar-refractivity contribution in [1.29, 1.82) is 0 Å². The van der Waals surface area contributed by atoms with Gasteiger partial charge in [-0.2, -0.15) is 0 Å². The zero-order chi connectivity index (χ0) is 24.8. The van der Waals surface area contributed by atoms with Gasteiger partial charge in [-0.25, -0.2) is 0 Å². The van der Waals surface area contributed by atoms with E-state index in [-0.39, 0.29) is 5.78 Å². The van der Waals surface area contributed by atoms with E-state index in [1.807, 2.05) is 68.7 Å². The number of ketones is 1. The summed E-state index contributed by atoms with van der Waals surface area (Å²) in [7, 11) is 7.90. The SMILES string of the molecule is COc1ccc(/C=C/C(=O)c2ccc(N3CCN(C)CC3)c(-c3ccccc3)c2)c(CN(C)C)c1. The number of rotatable bonds is 8. The fourth-order valence-corrected chi connectivity index (χ4v) is 4.47. The fraction of sp³-hybridized carbons (Fsp3) is 0.300. The van der Waals surface area contributed by atoms with Gasteiger partial charge in [0, 0.05) is 49.5 Å².